The summed E-state index contributed by atoms with van der Waals surface area (Å²) >= 11 is 0. The summed E-state index contributed by atoms with van der Waals surface area (Å²) < 4.78 is 26.2. The van der Waals surface area contributed by atoms with Gasteiger partial charge in [0.05, 0.1) is 0 Å². The maximum atomic E-state index is 11.5. The fourth-order valence-corrected chi connectivity index (χ4v) is 2.49. The molecule has 10 nitrogen and oxygen atoms in total. The standard InChI is InChI=1S/C15H23NO9/c1-7(17)16-12-14(24-10(4)20)13(23-9(3)19)11(6-22-8(2)18)25-15(12)21-5/h11-15H,6H2,1-5H3,(H,16,17)/t11-,12+,13+,14+,15-/m0/s1. The fourth-order valence-electron chi connectivity index (χ4n) is 2.49. The summed E-state index contributed by atoms with van der Waals surface area (Å²) in [6.45, 7) is 4.57. The largest absolute Gasteiger partial charge is 0.463 e. The van der Waals surface area contributed by atoms with Gasteiger partial charge in [0, 0.05) is 34.8 Å². The first kappa shape index (κ1) is 20.8. The van der Waals surface area contributed by atoms with Gasteiger partial charge in [-0.1, -0.05) is 0 Å². The van der Waals surface area contributed by atoms with Gasteiger partial charge in [0.15, 0.2) is 18.5 Å². The van der Waals surface area contributed by atoms with E-state index in [0.717, 1.165) is 0 Å². The molecule has 0 spiro atoms. The van der Waals surface area contributed by atoms with Crippen LogP contribution in [0.1, 0.15) is 27.7 Å². The lowest BCUT2D eigenvalue weighted by Gasteiger charge is -2.44. The third-order valence-electron chi connectivity index (χ3n) is 3.30. The van der Waals surface area contributed by atoms with Crippen molar-refractivity contribution in [2.24, 2.45) is 0 Å². The summed E-state index contributed by atoms with van der Waals surface area (Å²) in [6, 6.07) is -0.927. The number of nitrogens with one attached hydrogen (secondary N) is 1. The molecule has 1 N–H and O–H groups in total. The SMILES string of the molecule is CO[C@H]1O[C@@H](COC(C)=O)[C@@H](OC(C)=O)[C@H](OC(C)=O)[C@H]1NC(C)=O. The van der Waals surface area contributed by atoms with Crippen LogP contribution in [0.5, 0.6) is 0 Å². The summed E-state index contributed by atoms with van der Waals surface area (Å²) in [5.41, 5.74) is 0. The van der Waals surface area contributed by atoms with E-state index in [9.17, 15) is 19.2 Å². The maximum absolute atomic E-state index is 11.5. The summed E-state index contributed by atoms with van der Waals surface area (Å²) in [6.07, 6.45) is -4.17. The predicted octanol–water partition coefficient (Wildman–Crippen LogP) is -0.711. The molecule has 1 fully saturated rings. The Hall–Kier alpha value is -2.20. The predicted molar refractivity (Wildman–Crippen MR) is 81.0 cm³/mol. The Morgan fingerprint density at radius 3 is 1.92 bits per heavy atom. The van der Waals surface area contributed by atoms with Gasteiger partial charge in [0.2, 0.25) is 5.91 Å². The van der Waals surface area contributed by atoms with E-state index in [1.807, 2.05) is 0 Å². The molecular weight excluding hydrogens is 338 g/mol. The minimum Gasteiger partial charge on any atom is -0.463 e. The molecule has 0 unspecified atom stereocenters. The van der Waals surface area contributed by atoms with E-state index in [1.165, 1.54) is 34.8 Å². The van der Waals surface area contributed by atoms with Crippen molar-refractivity contribution in [3.05, 3.63) is 0 Å². The van der Waals surface area contributed by atoms with Crippen molar-refractivity contribution in [2.45, 2.75) is 58.3 Å². The quantitative estimate of drug-likeness (QED) is 0.482. The third-order valence-corrected chi connectivity index (χ3v) is 3.30. The van der Waals surface area contributed by atoms with Crippen LogP contribution >= 0.6 is 0 Å². The van der Waals surface area contributed by atoms with Crippen LogP contribution in [0.3, 0.4) is 0 Å². The van der Waals surface area contributed by atoms with E-state index in [0.29, 0.717) is 0 Å². The Labute approximate surface area is 145 Å². The zero-order valence-corrected chi connectivity index (χ0v) is 14.8. The highest BCUT2D eigenvalue weighted by Gasteiger charge is 2.50. The van der Waals surface area contributed by atoms with Crippen molar-refractivity contribution in [2.75, 3.05) is 13.7 Å². The van der Waals surface area contributed by atoms with Gasteiger partial charge in [-0.15, -0.1) is 0 Å². The molecule has 1 rings (SSSR count). The zero-order chi connectivity index (χ0) is 19.1. The molecule has 0 aromatic rings. The third kappa shape index (κ3) is 6.31. The van der Waals surface area contributed by atoms with E-state index in [1.54, 1.807) is 0 Å². The molecule has 10 heteroatoms. The highest BCUT2D eigenvalue weighted by Crippen LogP contribution is 2.27. The topological polar surface area (TPSA) is 126 Å². The Morgan fingerprint density at radius 1 is 0.920 bits per heavy atom. The number of hydrogen-bond donors (Lipinski definition) is 1. The minimum absolute atomic E-state index is 0.252. The molecule has 0 radical (unpaired) electrons. The average molecular weight is 361 g/mol. The van der Waals surface area contributed by atoms with Crippen molar-refractivity contribution in [3.8, 4) is 0 Å². The van der Waals surface area contributed by atoms with Crippen molar-refractivity contribution < 1.29 is 42.9 Å². The first-order valence-electron chi connectivity index (χ1n) is 7.58. The molecule has 0 saturated carbocycles. The van der Waals surface area contributed by atoms with E-state index in [4.69, 9.17) is 23.7 Å². The molecule has 0 aromatic carbocycles. The first-order valence-corrected chi connectivity index (χ1v) is 7.58. The number of rotatable bonds is 6. The number of amides is 1. The summed E-state index contributed by atoms with van der Waals surface area (Å²) in [7, 11) is 1.33. The number of esters is 3. The van der Waals surface area contributed by atoms with E-state index in [-0.39, 0.29) is 6.61 Å². The lowest BCUT2D eigenvalue weighted by molar-refractivity contribution is -0.271. The van der Waals surface area contributed by atoms with E-state index in [2.05, 4.69) is 5.32 Å². The molecular formula is C15H23NO9. The normalized spacial score (nSPS) is 28.6. The molecule has 0 bridgehead atoms. The van der Waals surface area contributed by atoms with Crippen molar-refractivity contribution in [3.63, 3.8) is 0 Å². The summed E-state index contributed by atoms with van der Waals surface area (Å²) in [5.74, 6) is -2.29. The number of carbonyl (C=O) groups excluding carboxylic acids is 4. The van der Waals surface area contributed by atoms with Crippen LogP contribution in [0.15, 0.2) is 0 Å². The van der Waals surface area contributed by atoms with Crippen molar-refractivity contribution >= 4 is 23.8 Å². The van der Waals surface area contributed by atoms with Gasteiger partial charge in [-0.2, -0.15) is 0 Å². The van der Waals surface area contributed by atoms with Crippen molar-refractivity contribution in [1.29, 1.82) is 0 Å². The molecule has 142 valence electrons. The fraction of sp³-hybridized carbons (Fsp3) is 0.733. The van der Waals surface area contributed by atoms with Gasteiger partial charge in [-0.05, 0) is 0 Å². The van der Waals surface area contributed by atoms with Gasteiger partial charge in [0.1, 0.15) is 18.8 Å². The molecule has 5 atom stereocenters. The second-order valence-electron chi connectivity index (χ2n) is 5.46. The molecule has 1 saturated heterocycles. The number of carbonyl (C=O) groups is 4. The molecule has 1 aliphatic heterocycles. The number of methoxy groups -OCH3 is 1. The van der Waals surface area contributed by atoms with Crippen LogP contribution < -0.4 is 5.32 Å². The van der Waals surface area contributed by atoms with Crippen LogP contribution in [0.2, 0.25) is 0 Å². The second-order valence-corrected chi connectivity index (χ2v) is 5.46. The average Bonchev–Trinajstić information content (AvgIpc) is 2.48. The number of ether oxygens (including phenoxy) is 5. The van der Waals surface area contributed by atoms with E-state index < -0.39 is 54.5 Å². The Bertz CT molecular complexity index is 521. The minimum atomic E-state index is -1.11. The lowest BCUT2D eigenvalue weighted by atomic mass is 9.96. The van der Waals surface area contributed by atoms with Crippen LogP contribution in [-0.2, 0) is 42.9 Å². The molecule has 25 heavy (non-hydrogen) atoms. The Kier molecular flexibility index (Phi) is 7.78. The second kappa shape index (κ2) is 9.33. The van der Waals surface area contributed by atoms with E-state index >= 15 is 0 Å². The van der Waals surface area contributed by atoms with Crippen LogP contribution in [0.4, 0.5) is 0 Å². The highest BCUT2D eigenvalue weighted by atomic mass is 16.7. The van der Waals surface area contributed by atoms with Crippen molar-refractivity contribution in [1.82, 2.24) is 5.32 Å². The monoisotopic (exact) mass is 361 g/mol. The van der Waals surface area contributed by atoms with Gasteiger partial charge in [0.25, 0.3) is 0 Å². The van der Waals surface area contributed by atoms with Gasteiger partial charge < -0.3 is 29.0 Å². The smallest absolute Gasteiger partial charge is 0.303 e. The van der Waals surface area contributed by atoms with Gasteiger partial charge >= 0.3 is 17.9 Å². The van der Waals surface area contributed by atoms with Crippen LogP contribution in [0.25, 0.3) is 0 Å². The summed E-state index contributed by atoms with van der Waals surface area (Å²) in [4.78, 5) is 45.5. The molecule has 0 aliphatic carbocycles. The molecule has 0 aromatic heterocycles. The first-order chi connectivity index (χ1) is 11.6. The van der Waals surface area contributed by atoms with Crippen LogP contribution in [0, 0.1) is 0 Å². The number of hydrogen-bond acceptors (Lipinski definition) is 9. The van der Waals surface area contributed by atoms with Gasteiger partial charge in [-0.25, -0.2) is 0 Å². The molecule has 1 aliphatic rings. The summed E-state index contributed by atoms with van der Waals surface area (Å²) in [5, 5.41) is 2.56. The maximum Gasteiger partial charge on any atom is 0.303 e. The Balaban J connectivity index is 3.18. The van der Waals surface area contributed by atoms with Gasteiger partial charge in [-0.3, -0.25) is 19.2 Å². The van der Waals surface area contributed by atoms with Crippen LogP contribution in [-0.4, -0.2) is 68.2 Å². The lowest BCUT2D eigenvalue weighted by Crippen LogP contribution is -2.66. The molecule has 1 heterocycles. The highest BCUT2D eigenvalue weighted by molar-refractivity contribution is 5.73. The molecule has 1 amide bonds. The Morgan fingerprint density at radius 2 is 1.48 bits per heavy atom. The zero-order valence-electron chi connectivity index (χ0n) is 14.8.